The van der Waals surface area contributed by atoms with Gasteiger partial charge in [0.1, 0.15) is 11.0 Å². The summed E-state index contributed by atoms with van der Waals surface area (Å²) in [5, 5.41) is 0. The van der Waals surface area contributed by atoms with E-state index in [2.05, 4.69) is 15.3 Å². The topological polar surface area (TPSA) is 25.8 Å². The second kappa shape index (κ2) is 2.43. The summed E-state index contributed by atoms with van der Waals surface area (Å²) in [4.78, 5) is 0. The Morgan fingerprint density at radius 2 is 2.09 bits per heavy atom. The van der Waals surface area contributed by atoms with E-state index in [0.29, 0.717) is 0 Å². The molecule has 0 aliphatic rings. The molecule has 2 rings (SSSR count). The van der Waals surface area contributed by atoms with Crippen LogP contribution in [0.3, 0.4) is 0 Å². The maximum Gasteiger partial charge on any atom is 0.105 e. The van der Waals surface area contributed by atoms with Crippen molar-refractivity contribution in [1.29, 1.82) is 0 Å². The number of hydrogen-bond donors (Lipinski definition) is 0. The van der Waals surface area contributed by atoms with Crippen LogP contribution in [0.5, 0.6) is 0 Å². The predicted octanol–water partition coefficient (Wildman–Crippen LogP) is 2.33. The van der Waals surface area contributed by atoms with Crippen molar-refractivity contribution in [3.05, 3.63) is 30.3 Å². The molecule has 0 aliphatic heterocycles. The lowest BCUT2D eigenvalue weighted by Crippen LogP contribution is -1.71. The Morgan fingerprint density at radius 1 is 1.27 bits per heavy atom. The molecule has 0 unspecified atom stereocenters. The maximum absolute atomic E-state index is 4.11. The van der Waals surface area contributed by atoms with E-state index < -0.39 is 0 Å². The highest BCUT2D eigenvalue weighted by Gasteiger charge is 1.96. The van der Waals surface area contributed by atoms with Gasteiger partial charge in [0.25, 0.3) is 0 Å². The van der Waals surface area contributed by atoms with Gasteiger partial charge in [0.2, 0.25) is 0 Å². The highest BCUT2D eigenvalue weighted by molar-refractivity contribution is 7.00. The minimum Gasteiger partial charge on any atom is -0.173 e. The molecule has 2 aromatic rings. The summed E-state index contributed by atoms with van der Waals surface area (Å²) >= 11 is 1.24. The predicted molar refractivity (Wildman–Crippen MR) is 47.5 cm³/mol. The number of hydrogen-bond acceptors (Lipinski definition) is 3. The molecule has 0 saturated carbocycles. The van der Waals surface area contributed by atoms with Crippen molar-refractivity contribution in [1.82, 2.24) is 8.75 Å². The lowest BCUT2D eigenvalue weighted by atomic mass is 10.2. The minimum atomic E-state index is 0.951. The summed E-state index contributed by atoms with van der Waals surface area (Å²) in [5.41, 5.74) is 3.00. The van der Waals surface area contributed by atoms with Crippen LogP contribution in [0.1, 0.15) is 5.56 Å². The molecule has 2 nitrogen and oxygen atoms in total. The average molecular weight is 162 g/mol. The zero-order valence-corrected chi connectivity index (χ0v) is 6.64. The Balaban J connectivity index is 2.76. The molecule has 3 heteroatoms. The maximum atomic E-state index is 4.11. The largest absolute Gasteiger partial charge is 0.173 e. The van der Waals surface area contributed by atoms with Crippen LogP contribution in [0.4, 0.5) is 0 Å². The van der Waals surface area contributed by atoms with E-state index in [1.165, 1.54) is 11.7 Å². The fraction of sp³-hybridized carbons (Fsp3) is 0. The van der Waals surface area contributed by atoms with E-state index in [1.807, 2.05) is 18.2 Å². The Morgan fingerprint density at radius 3 is 2.91 bits per heavy atom. The van der Waals surface area contributed by atoms with Crippen molar-refractivity contribution >= 4 is 28.8 Å². The van der Waals surface area contributed by atoms with E-state index in [4.69, 9.17) is 0 Å². The summed E-state index contributed by atoms with van der Waals surface area (Å²) in [7, 11) is 0. The lowest BCUT2D eigenvalue weighted by Gasteiger charge is -1.89. The first-order valence-electron chi connectivity index (χ1n) is 3.25. The van der Waals surface area contributed by atoms with E-state index in [1.54, 1.807) is 6.08 Å². The second-order valence-electron chi connectivity index (χ2n) is 2.22. The Bertz CT molecular complexity index is 392. The highest BCUT2D eigenvalue weighted by atomic mass is 32.1. The van der Waals surface area contributed by atoms with Gasteiger partial charge in [-0.3, -0.25) is 0 Å². The van der Waals surface area contributed by atoms with Crippen LogP contribution in [-0.4, -0.2) is 8.75 Å². The van der Waals surface area contributed by atoms with E-state index >= 15 is 0 Å². The second-order valence-corrected chi connectivity index (χ2v) is 2.74. The molecule has 0 amide bonds. The molecule has 0 fully saturated rings. The zero-order valence-electron chi connectivity index (χ0n) is 5.82. The van der Waals surface area contributed by atoms with Gasteiger partial charge in [-0.25, -0.2) is 0 Å². The summed E-state index contributed by atoms with van der Waals surface area (Å²) in [6, 6.07) is 5.92. The Kier molecular flexibility index (Phi) is 1.43. The molecule has 0 N–H and O–H groups in total. The van der Waals surface area contributed by atoms with Crippen LogP contribution in [0.2, 0.25) is 0 Å². The van der Waals surface area contributed by atoms with Crippen LogP contribution in [0, 0.1) is 0 Å². The van der Waals surface area contributed by atoms with Crippen LogP contribution in [0.25, 0.3) is 17.1 Å². The van der Waals surface area contributed by atoms with Crippen LogP contribution in [-0.2, 0) is 0 Å². The van der Waals surface area contributed by atoms with Crippen LogP contribution >= 0.6 is 11.7 Å². The first-order chi connectivity index (χ1) is 5.40. The van der Waals surface area contributed by atoms with E-state index in [0.717, 1.165) is 16.6 Å². The molecule has 0 aliphatic carbocycles. The van der Waals surface area contributed by atoms with Gasteiger partial charge in [0, 0.05) is 0 Å². The molecule has 0 atom stereocenters. The molecular weight excluding hydrogens is 156 g/mol. The van der Waals surface area contributed by atoms with Gasteiger partial charge in [-0.05, 0) is 17.7 Å². The first-order valence-corrected chi connectivity index (χ1v) is 3.98. The smallest absolute Gasteiger partial charge is 0.105 e. The van der Waals surface area contributed by atoms with Crippen molar-refractivity contribution in [2.24, 2.45) is 0 Å². The summed E-state index contributed by atoms with van der Waals surface area (Å²) < 4.78 is 8.20. The van der Waals surface area contributed by atoms with Gasteiger partial charge >= 0.3 is 0 Å². The van der Waals surface area contributed by atoms with Gasteiger partial charge in [-0.15, -0.1) is 0 Å². The Labute approximate surface area is 68.5 Å². The third kappa shape index (κ3) is 1.03. The van der Waals surface area contributed by atoms with E-state index in [9.17, 15) is 0 Å². The lowest BCUT2D eigenvalue weighted by molar-refractivity contribution is 1.62. The molecule has 0 saturated heterocycles. The van der Waals surface area contributed by atoms with Crippen LogP contribution in [0.15, 0.2) is 24.8 Å². The summed E-state index contributed by atoms with van der Waals surface area (Å²) in [5.74, 6) is 0. The van der Waals surface area contributed by atoms with Crippen molar-refractivity contribution in [3.8, 4) is 0 Å². The summed E-state index contributed by atoms with van der Waals surface area (Å²) in [6.07, 6.45) is 1.80. The SMILES string of the molecule is C=Cc1ccc2nsnc2c1. The monoisotopic (exact) mass is 162 g/mol. The third-order valence-corrected chi connectivity index (χ3v) is 2.07. The molecule has 0 spiro atoms. The van der Waals surface area contributed by atoms with Crippen molar-refractivity contribution in [2.45, 2.75) is 0 Å². The van der Waals surface area contributed by atoms with Gasteiger partial charge in [0.15, 0.2) is 0 Å². The number of rotatable bonds is 1. The molecular formula is C8H6N2S. The summed E-state index contributed by atoms with van der Waals surface area (Å²) in [6.45, 7) is 3.68. The molecule has 11 heavy (non-hydrogen) atoms. The molecule has 0 bridgehead atoms. The number of fused-ring (bicyclic) bond motifs is 1. The number of nitrogens with zero attached hydrogens (tertiary/aromatic N) is 2. The molecule has 1 aromatic heterocycles. The van der Waals surface area contributed by atoms with Gasteiger partial charge in [-0.1, -0.05) is 18.7 Å². The molecule has 54 valence electrons. The first kappa shape index (κ1) is 6.49. The number of benzene rings is 1. The highest BCUT2D eigenvalue weighted by Crippen LogP contribution is 2.13. The Hall–Kier alpha value is -1.22. The zero-order chi connectivity index (χ0) is 7.68. The van der Waals surface area contributed by atoms with Crippen molar-refractivity contribution in [3.63, 3.8) is 0 Å². The molecule has 1 heterocycles. The van der Waals surface area contributed by atoms with Crippen molar-refractivity contribution in [2.75, 3.05) is 0 Å². The third-order valence-electron chi connectivity index (χ3n) is 1.51. The quantitative estimate of drug-likeness (QED) is 0.643. The molecule has 0 radical (unpaired) electrons. The number of aromatic nitrogens is 2. The van der Waals surface area contributed by atoms with Gasteiger partial charge in [-0.2, -0.15) is 8.75 Å². The van der Waals surface area contributed by atoms with Crippen LogP contribution < -0.4 is 0 Å². The minimum absolute atomic E-state index is 0.951. The van der Waals surface area contributed by atoms with Gasteiger partial charge in [0.05, 0.1) is 11.7 Å². The fourth-order valence-corrected chi connectivity index (χ4v) is 1.44. The average Bonchev–Trinajstić information content (AvgIpc) is 2.50. The normalized spacial score (nSPS) is 10.2. The van der Waals surface area contributed by atoms with Crippen molar-refractivity contribution < 1.29 is 0 Å². The fourth-order valence-electron chi connectivity index (χ4n) is 0.926. The molecule has 1 aromatic carbocycles. The van der Waals surface area contributed by atoms with E-state index in [-0.39, 0.29) is 0 Å². The standard InChI is InChI=1S/C8H6N2S/c1-2-6-3-4-7-8(5-6)10-11-9-7/h2-5H,1H2. The van der Waals surface area contributed by atoms with Gasteiger partial charge < -0.3 is 0 Å².